The van der Waals surface area contributed by atoms with E-state index < -0.39 is 0 Å². The molecular weight excluding hydrogens is 174 g/mol. The van der Waals surface area contributed by atoms with E-state index in [0.717, 1.165) is 6.42 Å². The Morgan fingerprint density at radius 1 is 1.29 bits per heavy atom. The average Bonchev–Trinajstić information content (AvgIpc) is 2.19. The number of nitrogens with zero attached hydrogens (tertiary/aromatic N) is 1. The summed E-state index contributed by atoms with van der Waals surface area (Å²) in [5.41, 5.74) is 1.35. The monoisotopic (exact) mass is 189 g/mol. The van der Waals surface area contributed by atoms with Crippen LogP contribution in [0.25, 0.3) is 0 Å². The summed E-state index contributed by atoms with van der Waals surface area (Å²) in [6.45, 7) is 4.86. The summed E-state index contributed by atoms with van der Waals surface area (Å²) >= 11 is 0. The Morgan fingerprint density at radius 3 is 2.50 bits per heavy atom. The molecule has 0 radical (unpaired) electrons. The van der Waals surface area contributed by atoms with Gasteiger partial charge >= 0.3 is 0 Å². The molecule has 0 fully saturated rings. The van der Waals surface area contributed by atoms with Crippen molar-refractivity contribution >= 4 is 6.08 Å². The molecule has 0 atom stereocenters. The Kier molecular flexibility index (Phi) is 3.61. The number of benzene rings is 1. The van der Waals surface area contributed by atoms with E-state index in [9.17, 15) is 4.79 Å². The Balaban J connectivity index is 2.70. The zero-order valence-electron chi connectivity index (χ0n) is 8.66. The maximum Gasteiger partial charge on any atom is 0.234 e. The molecule has 14 heavy (non-hydrogen) atoms. The maximum atomic E-state index is 9.94. The number of carbonyl (C=O) groups excluding carboxylic acids is 1. The molecule has 0 aliphatic carbocycles. The minimum atomic E-state index is 0.0710. The van der Waals surface area contributed by atoms with Crippen LogP contribution in [-0.4, -0.2) is 12.6 Å². The topological polar surface area (TPSA) is 29.4 Å². The fourth-order valence-corrected chi connectivity index (χ4v) is 1.41. The van der Waals surface area contributed by atoms with Crippen LogP contribution in [0, 0.1) is 0 Å². The van der Waals surface area contributed by atoms with Crippen LogP contribution >= 0.6 is 0 Å². The van der Waals surface area contributed by atoms with Crippen molar-refractivity contribution in [2.24, 2.45) is 4.99 Å². The lowest BCUT2D eigenvalue weighted by Gasteiger charge is -2.23. The molecule has 0 aliphatic rings. The van der Waals surface area contributed by atoms with Crippen LogP contribution < -0.4 is 0 Å². The highest BCUT2D eigenvalue weighted by Gasteiger charge is 2.19. The van der Waals surface area contributed by atoms with E-state index in [0.29, 0.717) is 6.54 Å². The van der Waals surface area contributed by atoms with Gasteiger partial charge in [0.25, 0.3) is 0 Å². The normalized spacial score (nSPS) is 10.7. The SMILES string of the molecule is CC(C)(CCN=C=O)c1ccccc1. The molecule has 0 bridgehead atoms. The molecule has 0 saturated heterocycles. The zero-order valence-corrected chi connectivity index (χ0v) is 8.66. The Morgan fingerprint density at radius 2 is 1.93 bits per heavy atom. The Hall–Kier alpha value is -1.40. The number of hydrogen-bond acceptors (Lipinski definition) is 2. The molecule has 0 amide bonds. The molecular formula is C12H15NO. The fraction of sp³-hybridized carbons (Fsp3) is 0.417. The minimum Gasteiger partial charge on any atom is -0.211 e. The van der Waals surface area contributed by atoms with Crippen LogP contribution in [0.5, 0.6) is 0 Å². The highest BCUT2D eigenvalue weighted by molar-refractivity contribution is 5.33. The third-order valence-electron chi connectivity index (χ3n) is 2.47. The lowest BCUT2D eigenvalue weighted by molar-refractivity contribution is 0.486. The highest BCUT2D eigenvalue weighted by atomic mass is 16.1. The van der Waals surface area contributed by atoms with Gasteiger partial charge in [-0.05, 0) is 17.4 Å². The van der Waals surface area contributed by atoms with Crippen molar-refractivity contribution in [1.82, 2.24) is 0 Å². The van der Waals surface area contributed by atoms with Gasteiger partial charge in [-0.25, -0.2) is 9.79 Å². The molecule has 2 nitrogen and oxygen atoms in total. The number of hydrogen-bond donors (Lipinski definition) is 0. The first-order chi connectivity index (χ1) is 6.67. The summed E-state index contributed by atoms with van der Waals surface area (Å²) < 4.78 is 0. The van der Waals surface area contributed by atoms with Gasteiger partial charge in [-0.2, -0.15) is 0 Å². The largest absolute Gasteiger partial charge is 0.234 e. The molecule has 0 N–H and O–H groups in total. The van der Waals surface area contributed by atoms with Gasteiger partial charge in [0, 0.05) is 0 Å². The van der Waals surface area contributed by atoms with E-state index in [1.54, 1.807) is 6.08 Å². The first-order valence-electron chi connectivity index (χ1n) is 4.76. The number of aliphatic imine (C=N–C) groups is 1. The van der Waals surface area contributed by atoms with Crippen molar-refractivity contribution in [3.05, 3.63) is 35.9 Å². The second-order valence-electron chi connectivity index (χ2n) is 3.97. The first kappa shape index (κ1) is 10.7. The van der Waals surface area contributed by atoms with Crippen molar-refractivity contribution in [3.8, 4) is 0 Å². The van der Waals surface area contributed by atoms with Gasteiger partial charge in [-0.1, -0.05) is 44.2 Å². The summed E-state index contributed by atoms with van der Waals surface area (Å²) in [6, 6.07) is 10.3. The van der Waals surface area contributed by atoms with Gasteiger partial charge in [-0.15, -0.1) is 0 Å². The molecule has 0 aliphatic heterocycles. The van der Waals surface area contributed by atoms with Crippen molar-refractivity contribution in [2.75, 3.05) is 6.54 Å². The summed E-state index contributed by atoms with van der Waals surface area (Å²) in [7, 11) is 0. The second-order valence-corrected chi connectivity index (χ2v) is 3.97. The van der Waals surface area contributed by atoms with E-state index in [1.807, 2.05) is 18.2 Å². The standard InChI is InChI=1S/C12H15NO/c1-12(2,8-9-13-10-14)11-6-4-3-5-7-11/h3-7H,8-9H2,1-2H3. The van der Waals surface area contributed by atoms with Gasteiger partial charge in [0.15, 0.2) is 0 Å². The average molecular weight is 189 g/mol. The van der Waals surface area contributed by atoms with Crippen LogP contribution in [-0.2, 0) is 10.2 Å². The summed E-state index contributed by atoms with van der Waals surface area (Å²) in [5.74, 6) is 0. The third-order valence-corrected chi connectivity index (χ3v) is 2.47. The van der Waals surface area contributed by atoms with Crippen molar-refractivity contribution in [1.29, 1.82) is 0 Å². The van der Waals surface area contributed by atoms with Gasteiger partial charge in [-0.3, -0.25) is 0 Å². The Labute approximate surface area is 84.7 Å². The van der Waals surface area contributed by atoms with Crippen molar-refractivity contribution in [2.45, 2.75) is 25.7 Å². The predicted molar refractivity (Wildman–Crippen MR) is 57.1 cm³/mol. The minimum absolute atomic E-state index is 0.0710. The second kappa shape index (κ2) is 4.73. The molecule has 0 unspecified atom stereocenters. The molecule has 1 aromatic rings. The highest BCUT2D eigenvalue weighted by Crippen LogP contribution is 2.26. The maximum absolute atomic E-state index is 9.94. The predicted octanol–water partition coefficient (Wildman–Crippen LogP) is 2.69. The fourth-order valence-electron chi connectivity index (χ4n) is 1.41. The van der Waals surface area contributed by atoms with E-state index >= 15 is 0 Å². The van der Waals surface area contributed by atoms with Gasteiger partial charge in [0.05, 0.1) is 6.54 Å². The molecule has 0 heterocycles. The summed E-state index contributed by atoms with van der Waals surface area (Å²) in [5, 5.41) is 0. The van der Waals surface area contributed by atoms with Crippen LogP contribution in [0.15, 0.2) is 35.3 Å². The molecule has 0 saturated carbocycles. The zero-order chi connectivity index (χ0) is 10.4. The molecule has 0 aromatic heterocycles. The number of isocyanates is 1. The molecule has 0 spiro atoms. The summed E-state index contributed by atoms with van der Waals surface area (Å²) in [6.07, 6.45) is 2.43. The molecule has 2 heteroatoms. The van der Waals surface area contributed by atoms with Crippen molar-refractivity contribution < 1.29 is 4.79 Å². The lowest BCUT2D eigenvalue weighted by Crippen LogP contribution is -2.18. The van der Waals surface area contributed by atoms with Crippen LogP contribution in [0.1, 0.15) is 25.8 Å². The molecule has 1 rings (SSSR count). The quantitative estimate of drug-likeness (QED) is 0.529. The van der Waals surface area contributed by atoms with E-state index in [-0.39, 0.29) is 5.41 Å². The first-order valence-corrected chi connectivity index (χ1v) is 4.76. The molecule has 74 valence electrons. The summed E-state index contributed by atoms with van der Waals surface area (Å²) in [4.78, 5) is 13.5. The van der Waals surface area contributed by atoms with Gasteiger partial charge in [0.1, 0.15) is 0 Å². The Bertz CT molecular complexity index is 323. The van der Waals surface area contributed by atoms with Crippen LogP contribution in [0.3, 0.4) is 0 Å². The van der Waals surface area contributed by atoms with Gasteiger partial charge in [0.2, 0.25) is 6.08 Å². The third kappa shape index (κ3) is 2.82. The lowest BCUT2D eigenvalue weighted by atomic mass is 9.82. The van der Waals surface area contributed by atoms with E-state index in [1.165, 1.54) is 5.56 Å². The van der Waals surface area contributed by atoms with Crippen LogP contribution in [0.2, 0.25) is 0 Å². The smallest absolute Gasteiger partial charge is 0.211 e. The molecule has 1 aromatic carbocycles. The number of rotatable bonds is 4. The van der Waals surface area contributed by atoms with E-state index in [4.69, 9.17) is 0 Å². The van der Waals surface area contributed by atoms with Gasteiger partial charge < -0.3 is 0 Å². The van der Waals surface area contributed by atoms with Crippen molar-refractivity contribution in [3.63, 3.8) is 0 Å². The van der Waals surface area contributed by atoms with E-state index in [2.05, 4.69) is 31.0 Å². The van der Waals surface area contributed by atoms with Crippen LogP contribution in [0.4, 0.5) is 0 Å².